The Hall–Kier alpha value is -1.46. The molecule has 110 valence electrons. The molecule has 0 saturated heterocycles. The second-order valence-electron chi connectivity index (χ2n) is 4.44. The van der Waals surface area contributed by atoms with Crippen LogP contribution in [0, 0.1) is 0 Å². The van der Waals surface area contributed by atoms with Crippen LogP contribution in [0.5, 0.6) is 0 Å². The number of hydrogen-bond acceptors (Lipinski definition) is 3. The molecule has 0 saturated carbocycles. The van der Waals surface area contributed by atoms with Crippen LogP contribution in [0.1, 0.15) is 11.1 Å². The smallest absolute Gasteiger partial charge is 0.309 e. The molecule has 2 rings (SSSR count). The van der Waals surface area contributed by atoms with E-state index in [0.717, 1.165) is 20.5 Å². The van der Waals surface area contributed by atoms with Crippen LogP contribution in [0.4, 0.5) is 0 Å². The van der Waals surface area contributed by atoms with E-state index >= 15 is 0 Å². The van der Waals surface area contributed by atoms with Gasteiger partial charge in [-0.05, 0) is 39.2 Å². The molecular weight excluding hydrogens is 352 g/mol. The van der Waals surface area contributed by atoms with Gasteiger partial charge in [0.1, 0.15) is 0 Å². The van der Waals surface area contributed by atoms with Gasteiger partial charge in [0.15, 0.2) is 0 Å². The zero-order valence-electron chi connectivity index (χ0n) is 11.5. The van der Waals surface area contributed by atoms with Gasteiger partial charge in [-0.2, -0.15) is 0 Å². The largest absolute Gasteiger partial charge is 0.469 e. The van der Waals surface area contributed by atoms with Crippen molar-refractivity contribution in [1.29, 1.82) is 0 Å². The lowest BCUT2D eigenvalue weighted by molar-refractivity contribution is -0.139. The molecule has 0 heterocycles. The Morgan fingerprint density at radius 2 is 1.71 bits per heavy atom. The van der Waals surface area contributed by atoms with Crippen LogP contribution in [0.2, 0.25) is 0 Å². The normalized spacial score (nSPS) is 11.9. The molecule has 0 amide bonds. The van der Waals surface area contributed by atoms with Crippen LogP contribution in [0.15, 0.2) is 57.9 Å². The number of carbonyl (C=O) groups is 1. The van der Waals surface area contributed by atoms with Gasteiger partial charge in [0.2, 0.25) is 0 Å². The maximum atomic E-state index is 12.5. The molecule has 5 heteroatoms. The Balaban J connectivity index is 2.22. The predicted octanol–water partition coefficient (Wildman–Crippen LogP) is 3.47. The standard InChI is InChI=1S/C16H15BrO3S/c1-20-16(18)10-12-6-2-3-7-13(12)11-21(19)15-9-5-4-8-14(15)17/h2-9H,10-11H2,1H3. The minimum Gasteiger partial charge on any atom is -0.469 e. The lowest BCUT2D eigenvalue weighted by Crippen LogP contribution is -2.08. The summed E-state index contributed by atoms with van der Waals surface area (Å²) in [5.74, 6) is 0.0737. The van der Waals surface area contributed by atoms with E-state index in [0.29, 0.717) is 5.75 Å². The number of methoxy groups -OCH3 is 1. The highest BCUT2D eigenvalue weighted by Crippen LogP contribution is 2.23. The first-order chi connectivity index (χ1) is 10.1. The van der Waals surface area contributed by atoms with Crippen molar-refractivity contribution in [3.05, 3.63) is 64.1 Å². The van der Waals surface area contributed by atoms with E-state index < -0.39 is 10.8 Å². The summed E-state index contributed by atoms with van der Waals surface area (Å²) in [6.45, 7) is 0. The van der Waals surface area contributed by atoms with Gasteiger partial charge in [0, 0.05) is 4.47 Å². The monoisotopic (exact) mass is 366 g/mol. The van der Waals surface area contributed by atoms with Crippen molar-refractivity contribution in [3.8, 4) is 0 Å². The molecule has 2 aromatic carbocycles. The van der Waals surface area contributed by atoms with Crippen LogP contribution in [0.25, 0.3) is 0 Å². The Morgan fingerprint density at radius 1 is 1.10 bits per heavy atom. The van der Waals surface area contributed by atoms with Gasteiger partial charge >= 0.3 is 5.97 Å². The maximum absolute atomic E-state index is 12.5. The summed E-state index contributed by atoms with van der Waals surface area (Å²) < 4.78 is 18.0. The number of carbonyl (C=O) groups excluding carboxylic acids is 1. The highest BCUT2D eigenvalue weighted by molar-refractivity contribution is 9.10. The van der Waals surface area contributed by atoms with Gasteiger partial charge < -0.3 is 4.74 Å². The second-order valence-corrected chi connectivity index (χ2v) is 6.72. The molecule has 0 bridgehead atoms. The minimum absolute atomic E-state index is 0.194. The van der Waals surface area contributed by atoms with Crippen LogP contribution in [-0.4, -0.2) is 17.3 Å². The van der Waals surface area contributed by atoms with E-state index in [1.165, 1.54) is 7.11 Å². The van der Waals surface area contributed by atoms with Crippen molar-refractivity contribution < 1.29 is 13.7 Å². The fourth-order valence-corrected chi connectivity index (χ4v) is 4.01. The van der Waals surface area contributed by atoms with E-state index in [9.17, 15) is 9.00 Å². The number of rotatable bonds is 5. The predicted molar refractivity (Wildman–Crippen MR) is 86.4 cm³/mol. The molecule has 0 N–H and O–H groups in total. The molecule has 0 fully saturated rings. The number of benzene rings is 2. The molecule has 0 aliphatic rings. The van der Waals surface area contributed by atoms with Gasteiger partial charge in [-0.15, -0.1) is 0 Å². The maximum Gasteiger partial charge on any atom is 0.309 e. The van der Waals surface area contributed by atoms with Crippen LogP contribution in [0.3, 0.4) is 0 Å². The van der Waals surface area contributed by atoms with Gasteiger partial charge in [-0.3, -0.25) is 9.00 Å². The second kappa shape index (κ2) is 7.52. The van der Waals surface area contributed by atoms with Crippen LogP contribution in [-0.2, 0) is 32.5 Å². The molecule has 0 radical (unpaired) electrons. The summed E-state index contributed by atoms with van der Waals surface area (Å²) in [7, 11) is 0.193. The highest BCUT2D eigenvalue weighted by atomic mass is 79.9. The Labute approximate surface area is 134 Å². The number of esters is 1. The third kappa shape index (κ3) is 4.25. The molecule has 2 aromatic rings. The number of ether oxygens (including phenoxy) is 1. The SMILES string of the molecule is COC(=O)Cc1ccccc1CS(=O)c1ccccc1Br. The van der Waals surface area contributed by atoms with E-state index in [-0.39, 0.29) is 12.4 Å². The molecule has 3 nitrogen and oxygen atoms in total. The number of halogens is 1. The van der Waals surface area contributed by atoms with Gasteiger partial charge in [0.05, 0.1) is 35.0 Å². The van der Waals surface area contributed by atoms with E-state index in [1.807, 2.05) is 48.5 Å². The topological polar surface area (TPSA) is 43.4 Å². The first-order valence-electron chi connectivity index (χ1n) is 6.38. The molecule has 1 atom stereocenters. The van der Waals surface area contributed by atoms with Crippen molar-refractivity contribution >= 4 is 32.7 Å². The minimum atomic E-state index is -1.17. The van der Waals surface area contributed by atoms with Gasteiger partial charge in [0.25, 0.3) is 0 Å². The average molecular weight is 367 g/mol. The van der Waals surface area contributed by atoms with Gasteiger partial charge in [-0.1, -0.05) is 36.4 Å². The quantitative estimate of drug-likeness (QED) is 0.760. The summed E-state index contributed by atoms with van der Waals surface area (Å²) in [5, 5.41) is 0. The summed E-state index contributed by atoms with van der Waals surface area (Å²) in [6, 6.07) is 15.0. The lowest BCUT2D eigenvalue weighted by Gasteiger charge is -2.09. The Bertz CT molecular complexity index is 670. The fourth-order valence-electron chi connectivity index (χ4n) is 1.95. The summed E-state index contributed by atoms with van der Waals surface area (Å²) in [5.41, 5.74) is 1.75. The van der Waals surface area contributed by atoms with Gasteiger partial charge in [-0.25, -0.2) is 0 Å². The highest BCUT2D eigenvalue weighted by Gasteiger charge is 2.13. The van der Waals surface area contributed by atoms with Crippen molar-refractivity contribution in [2.75, 3.05) is 7.11 Å². The molecule has 0 aliphatic carbocycles. The third-order valence-electron chi connectivity index (χ3n) is 3.05. The Morgan fingerprint density at radius 3 is 2.38 bits per heavy atom. The van der Waals surface area contributed by atoms with Crippen LogP contribution < -0.4 is 0 Å². The Kier molecular flexibility index (Phi) is 5.70. The molecule has 21 heavy (non-hydrogen) atoms. The van der Waals surface area contributed by atoms with Crippen molar-refractivity contribution in [1.82, 2.24) is 0 Å². The molecule has 1 unspecified atom stereocenters. The fraction of sp³-hybridized carbons (Fsp3) is 0.188. The summed E-state index contributed by atoms with van der Waals surface area (Å²) >= 11 is 3.41. The molecular formula is C16H15BrO3S. The molecule has 0 aromatic heterocycles. The zero-order chi connectivity index (χ0) is 15.2. The van der Waals surface area contributed by atoms with E-state index in [2.05, 4.69) is 15.9 Å². The number of hydrogen-bond donors (Lipinski definition) is 0. The van der Waals surface area contributed by atoms with Crippen molar-refractivity contribution in [2.24, 2.45) is 0 Å². The van der Waals surface area contributed by atoms with Crippen LogP contribution >= 0.6 is 15.9 Å². The van der Waals surface area contributed by atoms with Crippen molar-refractivity contribution in [2.45, 2.75) is 17.1 Å². The van der Waals surface area contributed by atoms with E-state index in [1.54, 1.807) is 0 Å². The first-order valence-corrected chi connectivity index (χ1v) is 8.49. The zero-order valence-corrected chi connectivity index (χ0v) is 13.9. The molecule has 0 aliphatic heterocycles. The average Bonchev–Trinajstić information content (AvgIpc) is 2.49. The molecule has 0 spiro atoms. The van der Waals surface area contributed by atoms with E-state index in [4.69, 9.17) is 4.74 Å². The van der Waals surface area contributed by atoms with Crippen molar-refractivity contribution in [3.63, 3.8) is 0 Å². The first kappa shape index (κ1) is 15.9. The lowest BCUT2D eigenvalue weighted by atomic mass is 10.1. The summed E-state index contributed by atoms with van der Waals surface area (Å²) in [6.07, 6.45) is 0.194. The summed E-state index contributed by atoms with van der Waals surface area (Å²) in [4.78, 5) is 12.2. The third-order valence-corrected chi connectivity index (χ3v) is 5.42.